The summed E-state index contributed by atoms with van der Waals surface area (Å²) in [5, 5.41) is 5.27. The zero-order valence-corrected chi connectivity index (χ0v) is 19.6. The van der Waals surface area contributed by atoms with Gasteiger partial charge in [0.15, 0.2) is 17.6 Å². The van der Waals surface area contributed by atoms with Crippen molar-refractivity contribution in [3.63, 3.8) is 0 Å². The molecule has 0 saturated heterocycles. The molecule has 0 radical (unpaired) electrons. The minimum Gasteiger partial charge on any atom is -0.493 e. The SMILES string of the molecule is C=CCc1cc(C(=O)OC(C)C(=O)NCC(=O)Nc2c(C)cccc2C)cc(OC)c1OC. The fraction of sp³-hybridized carbons (Fsp3) is 0.320. The number of rotatable bonds is 10. The molecule has 0 saturated carbocycles. The zero-order chi connectivity index (χ0) is 24.5. The van der Waals surface area contributed by atoms with Crippen LogP contribution in [0.3, 0.4) is 0 Å². The molecular weight excluding hydrogens is 424 g/mol. The van der Waals surface area contributed by atoms with Crippen LogP contribution in [0.25, 0.3) is 0 Å². The van der Waals surface area contributed by atoms with Gasteiger partial charge in [-0.3, -0.25) is 9.59 Å². The highest BCUT2D eigenvalue weighted by atomic mass is 16.5. The molecule has 0 bridgehead atoms. The lowest BCUT2D eigenvalue weighted by molar-refractivity contribution is -0.130. The number of esters is 1. The van der Waals surface area contributed by atoms with Crippen LogP contribution >= 0.6 is 0 Å². The summed E-state index contributed by atoms with van der Waals surface area (Å²) in [6.07, 6.45) is 1.01. The number of hydrogen-bond acceptors (Lipinski definition) is 6. The molecule has 0 spiro atoms. The topological polar surface area (TPSA) is 103 Å². The van der Waals surface area contributed by atoms with Gasteiger partial charge < -0.3 is 24.8 Å². The quantitative estimate of drug-likeness (QED) is 0.422. The highest BCUT2D eigenvalue weighted by Crippen LogP contribution is 2.33. The van der Waals surface area contributed by atoms with Gasteiger partial charge in [-0.25, -0.2) is 4.79 Å². The number of para-hydroxylation sites is 1. The molecule has 2 rings (SSSR count). The number of carbonyl (C=O) groups is 3. The maximum absolute atomic E-state index is 12.6. The summed E-state index contributed by atoms with van der Waals surface area (Å²) in [6, 6.07) is 8.76. The van der Waals surface area contributed by atoms with Gasteiger partial charge in [0.25, 0.3) is 5.91 Å². The van der Waals surface area contributed by atoms with E-state index in [1.807, 2.05) is 32.0 Å². The summed E-state index contributed by atoms with van der Waals surface area (Å²) >= 11 is 0. The number of nitrogens with one attached hydrogen (secondary N) is 2. The Labute approximate surface area is 193 Å². The van der Waals surface area contributed by atoms with Crippen LogP contribution in [0.15, 0.2) is 43.0 Å². The molecular formula is C25H30N2O6. The molecule has 0 aliphatic carbocycles. The molecule has 2 amide bonds. The smallest absolute Gasteiger partial charge is 0.339 e. The van der Waals surface area contributed by atoms with Gasteiger partial charge in [0.05, 0.1) is 26.3 Å². The second-order valence-electron chi connectivity index (χ2n) is 7.44. The predicted molar refractivity (Wildman–Crippen MR) is 126 cm³/mol. The van der Waals surface area contributed by atoms with Crippen molar-refractivity contribution in [3.8, 4) is 11.5 Å². The Morgan fingerprint density at radius 2 is 1.76 bits per heavy atom. The Hall–Kier alpha value is -3.81. The van der Waals surface area contributed by atoms with Gasteiger partial charge in [-0.15, -0.1) is 6.58 Å². The van der Waals surface area contributed by atoms with Crippen LogP contribution in [0, 0.1) is 13.8 Å². The molecule has 2 N–H and O–H groups in total. The van der Waals surface area contributed by atoms with E-state index in [0.29, 0.717) is 29.2 Å². The van der Waals surface area contributed by atoms with Gasteiger partial charge in [0.1, 0.15) is 0 Å². The van der Waals surface area contributed by atoms with Crippen molar-refractivity contribution in [2.24, 2.45) is 0 Å². The molecule has 1 atom stereocenters. The minimum atomic E-state index is -1.11. The molecule has 0 fully saturated rings. The van der Waals surface area contributed by atoms with E-state index in [4.69, 9.17) is 14.2 Å². The molecule has 0 aliphatic heterocycles. The minimum absolute atomic E-state index is 0.205. The van der Waals surface area contributed by atoms with E-state index in [0.717, 1.165) is 11.1 Å². The maximum Gasteiger partial charge on any atom is 0.339 e. The van der Waals surface area contributed by atoms with Crippen LogP contribution < -0.4 is 20.1 Å². The second kappa shape index (κ2) is 11.7. The Bertz CT molecular complexity index is 1030. The van der Waals surface area contributed by atoms with Gasteiger partial charge in [-0.2, -0.15) is 0 Å². The number of aryl methyl sites for hydroxylation is 2. The molecule has 2 aromatic carbocycles. The number of allylic oxidation sites excluding steroid dienone is 1. The Morgan fingerprint density at radius 3 is 2.33 bits per heavy atom. The van der Waals surface area contributed by atoms with Gasteiger partial charge in [-0.1, -0.05) is 24.3 Å². The first kappa shape index (κ1) is 25.5. The van der Waals surface area contributed by atoms with E-state index in [1.165, 1.54) is 27.2 Å². The molecule has 0 aromatic heterocycles. The molecule has 33 heavy (non-hydrogen) atoms. The van der Waals surface area contributed by atoms with Crippen molar-refractivity contribution in [2.45, 2.75) is 33.3 Å². The molecule has 8 nitrogen and oxygen atoms in total. The Balaban J connectivity index is 2.00. The lowest BCUT2D eigenvalue weighted by atomic mass is 10.1. The Kier molecular flexibility index (Phi) is 9.03. The highest BCUT2D eigenvalue weighted by molar-refractivity contribution is 5.97. The monoisotopic (exact) mass is 454 g/mol. The molecule has 176 valence electrons. The average molecular weight is 455 g/mol. The summed E-state index contributed by atoms with van der Waals surface area (Å²) in [5.41, 5.74) is 3.45. The lowest BCUT2D eigenvalue weighted by Gasteiger charge is -2.16. The molecule has 1 unspecified atom stereocenters. The van der Waals surface area contributed by atoms with E-state index in [9.17, 15) is 14.4 Å². The number of hydrogen-bond donors (Lipinski definition) is 2. The van der Waals surface area contributed by atoms with E-state index in [1.54, 1.807) is 12.1 Å². The Morgan fingerprint density at radius 1 is 1.09 bits per heavy atom. The van der Waals surface area contributed by atoms with Crippen molar-refractivity contribution < 1.29 is 28.6 Å². The third kappa shape index (κ3) is 6.58. The van der Waals surface area contributed by atoms with Gasteiger partial charge in [0.2, 0.25) is 5.91 Å². The number of methoxy groups -OCH3 is 2. The van der Waals surface area contributed by atoms with Crippen molar-refractivity contribution >= 4 is 23.5 Å². The first-order valence-electron chi connectivity index (χ1n) is 10.4. The third-order valence-electron chi connectivity index (χ3n) is 4.98. The third-order valence-corrected chi connectivity index (χ3v) is 4.98. The van der Waals surface area contributed by atoms with Gasteiger partial charge in [-0.05, 0) is 50.5 Å². The first-order valence-corrected chi connectivity index (χ1v) is 10.4. The fourth-order valence-electron chi connectivity index (χ4n) is 3.26. The summed E-state index contributed by atoms with van der Waals surface area (Å²) in [5.74, 6) is -0.817. The zero-order valence-electron chi connectivity index (χ0n) is 19.6. The van der Waals surface area contributed by atoms with E-state index in [-0.39, 0.29) is 18.0 Å². The van der Waals surface area contributed by atoms with Crippen molar-refractivity contribution in [2.75, 3.05) is 26.1 Å². The van der Waals surface area contributed by atoms with Crippen LogP contribution in [-0.2, 0) is 20.7 Å². The highest BCUT2D eigenvalue weighted by Gasteiger charge is 2.22. The predicted octanol–water partition coefficient (Wildman–Crippen LogP) is 3.35. The number of carbonyl (C=O) groups excluding carboxylic acids is 3. The maximum atomic E-state index is 12.6. The number of benzene rings is 2. The van der Waals surface area contributed by atoms with Crippen molar-refractivity contribution in [1.82, 2.24) is 5.32 Å². The summed E-state index contributed by atoms with van der Waals surface area (Å²) in [7, 11) is 2.97. The van der Waals surface area contributed by atoms with Crippen LogP contribution in [0.1, 0.15) is 34.0 Å². The van der Waals surface area contributed by atoms with Crippen molar-refractivity contribution in [3.05, 3.63) is 65.2 Å². The van der Waals surface area contributed by atoms with Crippen molar-refractivity contribution in [1.29, 1.82) is 0 Å². The first-order chi connectivity index (χ1) is 15.7. The van der Waals surface area contributed by atoms with Crippen LogP contribution in [-0.4, -0.2) is 44.7 Å². The molecule has 0 aliphatic rings. The summed E-state index contributed by atoms with van der Waals surface area (Å²) in [4.78, 5) is 37.3. The fourth-order valence-corrected chi connectivity index (χ4v) is 3.26. The largest absolute Gasteiger partial charge is 0.493 e. The number of ether oxygens (including phenoxy) is 3. The van der Waals surface area contributed by atoms with Crippen LogP contribution in [0.4, 0.5) is 5.69 Å². The number of amides is 2. The molecule has 8 heteroatoms. The lowest BCUT2D eigenvalue weighted by Crippen LogP contribution is -2.40. The van der Waals surface area contributed by atoms with Crippen LogP contribution in [0.2, 0.25) is 0 Å². The molecule has 0 heterocycles. The molecule has 2 aromatic rings. The van der Waals surface area contributed by atoms with E-state index >= 15 is 0 Å². The summed E-state index contributed by atoms with van der Waals surface area (Å²) < 4.78 is 16.0. The normalized spacial score (nSPS) is 11.2. The summed E-state index contributed by atoms with van der Waals surface area (Å²) in [6.45, 7) is 8.65. The van der Waals surface area contributed by atoms with E-state index < -0.39 is 18.0 Å². The van der Waals surface area contributed by atoms with E-state index in [2.05, 4.69) is 17.2 Å². The number of anilines is 1. The van der Waals surface area contributed by atoms with Gasteiger partial charge in [0, 0.05) is 11.3 Å². The second-order valence-corrected chi connectivity index (χ2v) is 7.44. The average Bonchev–Trinajstić information content (AvgIpc) is 2.79. The van der Waals surface area contributed by atoms with Gasteiger partial charge >= 0.3 is 5.97 Å². The standard InChI is InChI=1S/C25H30N2O6/c1-7-9-18-12-19(13-20(31-5)23(18)32-6)25(30)33-17(4)24(29)26-14-21(28)27-22-15(2)10-8-11-16(22)3/h7-8,10-13,17H,1,9,14H2,2-6H3,(H,26,29)(H,27,28). The van der Waals surface area contributed by atoms with Crippen LogP contribution in [0.5, 0.6) is 11.5 Å².